The van der Waals surface area contributed by atoms with Gasteiger partial charge in [0.05, 0.1) is 4.47 Å². The van der Waals surface area contributed by atoms with E-state index in [-0.39, 0.29) is 22.2 Å². The van der Waals surface area contributed by atoms with Crippen molar-refractivity contribution in [2.45, 2.75) is 56.3 Å². The average molecular weight is 621 g/mol. The van der Waals surface area contributed by atoms with Crippen molar-refractivity contribution >= 4 is 53.5 Å². The lowest BCUT2D eigenvalue weighted by Crippen LogP contribution is -2.36. The number of benzene rings is 2. The highest BCUT2D eigenvalue weighted by Gasteiger charge is 2.42. The van der Waals surface area contributed by atoms with Gasteiger partial charge in [-0.15, -0.1) is 0 Å². The van der Waals surface area contributed by atoms with Crippen LogP contribution in [0, 0.1) is 6.92 Å². The lowest BCUT2D eigenvalue weighted by molar-refractivity contribution is -0.116. The first-order valence-electron chi connectivity index (χ1n) is 11.5. The first-order valence-corrected chi connectivity index (χ1v) is 14.4. The van der Waals surface area contributed by atoms with Gasteiger partial charge in [0.2, 0.25) is 0 Å². The number of Topliss-reactive ketones (excluding diaryl/α,β-unsaturated/α-hetero) is 2. The Kier molecular flexibility index (Phi) is 6.52. The van der Waals surface area contributed by atoms with Crippen LogP contribution in [0.25, 0.3) is 0 Å². The summed E-state index contributed by atoms with van der Waals surface area (Å²) in [4.78, 5) is 26.4. The molecule has 6 nitrogen and oxygen atoms in total. The molecule has 0 saturated carbocycles. The third-order valence-electron chi connectivity index (χ3n) is 6.64. The number of rotatable bonds is 4. The lowest BCUT2D eigenvalue weighted by atomic mass is 9.71. The summed E-state index contributed by atoms with van der Waals surface area (Å²) in [5, 5.41) is 3.38. The van der Waals surface area contributed by atoms with E-state index in [9.17, 15) is 18.0 Å². The molecule has 9 heteroatoms. The molecule has 2 aliphatic carbocycles. The number of hydrogen-bond acceptors (Lipinski definition) is 6. The Labute approximate surface area is 221 Å². The van der Waals surface area contributed by atoms with Crippen LogP contribution in [0.3, 0.4) is 0 Å². The molecule has 0 fully saturated rings. The zero-order chi connectivity index (χ0) is 24.9. The fraction of sp³-hybridized carbons (Fsp3) is 0.308. The van der Waals surface area contributed by atoms with E-state index >= 15 is 0 Å². The number of hydrogen-bond donors (Lipinski definition) is 1. The zero-order valence-electron chi connectivity index (χ0n) is 19.0. The second kappa shape index (κ2) is 9.33. The van der Waals surface area contributed by atoms with Crippen LogP contribution in [-0.2, 0) is 19.7 Å². The van der Waals surface area contributed by atoms with E-state index in [2.05, 4.69) is 37.2 Å². The van der Waals surface area contributed by atoms with Gasteiger partial charge in [-0.3, -0.25) is 9.59 Å². The number of aryl methyl sites for hydroxylation is 1. The van der Waals surface area contributed by atoms with Crippen LogP contribution in [-0.4, -0.2) is 20.0 Å². The minimum absolute atomic E-state index is 0.0245. The molecule has 1 heterocycles. The first kappa shape index (κ1) is 24.5. The van der Waals surface area contributed by atoms with Gasteiger partial charge in [-0.25, -0.2) is 0 Å². The van der Waals surface area contributed by atoms with E-state index < -0.39 is 16.0 Å². The largest absolute Gasteiger partial charge is 0.377 e. The molecule has 3 aliphatic rings. The Balaban J connectivity index is 1.71. The molecule has 0 bridgehead atoms. The van der Waals surface area contributed by atoms with E-state index in [0.717, 1.165) is 29.8 Å². The highest BCUT2D eigenvalue weighted by Crippen LogP contribution is 2.50. The highest BCUT2D eigenvalue weighted by molar-refractivity contribution is 9.11. The fourth-order valence-electron chi connectivity index (χ4n) is 5.04. The van der Waals surface area contributed by atoms with Crippen molar-refractivity contribution in [3.8, 4) is 5.75 Å². The maximum absolute atomic E-state index is 13.3. The Morgan fingerprint density at radius 1 is 0.886 bits per heavy atom. The van der Waals surface area contributed by atoms with Crippen LogP contribution in [0.1, 0.15) is 55.6 Å². The number of carbonyl (C=O) groups excluding carboxylic acids is 2. The monoisotopic (exact) mass is 619 g/mol. The molecule has 1 aliphatic heterocycles. The summed E-state index contributed by atoms with van der Waals surface area (Å²) in [6.07, 6.45) is 3.66. The predicted octanol–water partition coefficient (Wildman–Crippen LogP) is 5.99. The molecule has 182 valence electrons. The molecule has 2 aromatic carbocycles. The van der Waals surface area contributed by atoms with Crippen LogP contribution in [0.4, 0.5) is 0 Å². The van der Waals surface area contributed by atoms with Crippen LogP contribution < -0.4 is 9.50 Å². The summed E-state index contributed by atoms with van der Waals surface area (Å²) in [5.41, 5.74) is 4.11. The second-order valence-electron chi connectivity index (χ2n) is 9.05. The molecule has 35 heavy (non-hydrogen) atoms. The van der Waals surface area contributed by atoms with Gasteiger partial charge in [-0.2, -0.15) is 8.42 Å². The van der Waals surface area contributed by atoms with Crippen molar-refractivity contribution in [3.05, 3.63) is 79.0 Å². The molecule has 1 N–H and O–H groups in total. The Morgan fingerprint density at radius 2 is 1.46 bits per heavy atom. The van der Waals surface area contributed by atoms with Crippen LogP contribution in [0.15, 0.2) is 72.8 Å². The molecule has 0 saturated heterocycles. The normalized spacial score (nSPS) is 18.8. The Hall–Kier alpha value is -2.23. The van der Waals surface area contributed by atoms with Gasteiger partial charge < -0.3 is 9.50 Å². The van der Waals surface area contributed by atoms with Gasteiger partial charge in [-0.1, -0.05) is 33.6 Å². The number of dihydropyridines is 1. The van der Waals surface area contributed by atoms with Crippen molar-refractivity contribution in [2.24, 2.45) is 0 Å². The van der Waals surface area contributed by atoms with Crippen molar-refractivity contribution in [1.82, 2.24) is 5.32 Å². The molecule has 0 radical (unpaired) electrons. The number of nitrogens with one attached hydrogen (secondary N) is 1. The lowest BCUT2D eigenvalue weighted by Gasteiger charge is -2.37. The van der Waals surface area contributed by atoms with E-state index in [1.165, 1.54) is 12.1 Å². The average Bonchev–Trinajstić information content (AvgIpc) is 2.80. The van der Waals surface area contributed by atoms with Gasteiger partial charge in [0, 0.05) is 51.3 Å². The minimum atomic E-state index is -4.18. The molecule has 0 spiro atoms. The summed E-state index contributed by atoms with van der Waals surface area (Å²) in [7, 11) is -4.18. The van der Waals surface area contributed by atoms with Gasteiger partial charge in [0.1, 0.15) is 4.90 Å². The summed E-state index contributed by atoms with van der Waals surface area (Å²) >= 11 is 6.97. The third-order valence-corrected chi connectivity index (χ3v) is 8.92. The number of halogens is 2. The maximum Gasteiger partial charge on any atom is 0.339 e. The maximum atomic E-state index is 13.3. The predicted molar refractivity (Wildman–Crippen MR) is 138 cm³/mol. The Bertz CT molecular complexity index is 1380. The Morgan fingerprint density at radius 3 is 2.03 bits per heavy atom. The minimum Gasteiger partial charge on any atom is -0.377 e. The number of carbonyl (C=O) groups is 2. The fourth-order valence-corrected chi connectivity index (χ4v) is 7.46. The number of ketones is 2. The molecule has 0 atom stereocenters. The summed E-state index contributed by atoms with van der Waals surface area (Å²) < 4.78 is 33.3. The molecule has 0 amide bonds. The molecular weight excluding hydrogens is 598 g/mol. The molecule has 0 aromatic heterocycles. The van der Waals surface area contributed by atoms with Gasteiger partial charge in [0.15, 0.2) is 17.3 Å². The molecule has 5 rings (SSSR count). The SMILES string of the molecule is Cc1ccc(S(=O)(=O)Oc2c(Br)cc(Br)cc2C2C3=C(CCCC3=O)NC3=C2C(=O)CCC3)cc1. The van der Waals surface area contributed by atoms with E-state index in [1.807, 2.05) is 6.92 Å². The van der Waals surface area contributed by atoms with E-state index in [4.69, 9.17) is 4.18 Å². The molecule has 0 unspecified atom stereocenters. The van der Waals surface area contributed by atoms with Gasteiger partial charge in [0.25, 0.3) is 0 Å². The van der Waals surface area contributed by atoms with E-state index in [1.54, 1.807) is 24.3 Å². The van der Waals surface area contributed by atoms with E-state index in [0.29, 0.717) is 51.3 Å². The van der Waals surface area contributed by atoms with Gasteiger partial charge in [-0.05, 0) is 72.8 Å². The topological polar surface area (TPSA) is 89.5 Å². The summed E-state index contributed by atoms with van der Waals surface area (Å²) in [5.74, 6) is -0.677. The third kappa shape index (κ3) is 4.54. The number of allylic oxidation sites excluding steroid dienone is 4. The second-order valence-corrected chi connectivity index (χ2v) is 12.4. The van der Waals surface area contributed by atoms with Crippen molar-refractivity contribution in [1.29, 1.82) is 0 Å². The highest BCUT2D eigenvalue weighted by atomic mass is 79.9. The first-order chi connectivity index (χ1) is 16.7. The van der Waals surface area contributed by atoms with Crippen molar-refractivity contribution < 1.29 is 22.2 Å². The van der Waals surface area contributed by atoms with Gasteiger partial charge >= 0.3 is 10.1 Å². The van der Waals surface area contributed by atoms with Crippen LogP contribution in [0.5, 0.6) is 5.75 Å². The van der Waals surface area contributed by atoms with Crippen LogP contribution >= 0.6 is 31.9 Å². The van der Waals surface area contributed by atoms with Crippen molar-refractivity contribution in [2.75, 3.05) is 0 Å². The quantitative estimate of drug-likeness (QED) is 0.423. The summed E-state index contributed by atoms with van der Waals surface area (Å²) in [6, 6.07) is 9.85. The summed E-state index contributed by atoms with van der Waals surface area (Å²) in [6.45, 7) is 1.87. The molecule has 2 aromatic rings. The standard InChI is InChI=1S/C26H23Br2NO5S/c1-14-8-10-16(11-9-14)35(32,33)34-26-17(12-15(27)13-18(26)28)23-24-19(4-2-6-21(24)30)29-20-5-3-7-22(31)25(20)23/h8-13,23,29H,2-7H2,1H3. The molecular formula is C26H23Br2NO5S. The zero-order valence-corrected chi connectivity index (χ0v) is 23.0. The van der Waals surface area contributed by atoms with Crippen molar-refractivity contribution in [3.63, 3.8) is 0 Å². The van der Waals surface area contributed by atoms with Crippen LogP contribution in [0.2, 0.25) is 0 Å². The smallest absolute Gasteiger partial charge is 0.339 e.